The number of methoxy groups -OCH3 is 2. The molecule has 0 saturated carbocycles. The number of nitrogens with one attached hydrogen (secondary N) is 1. The number of carbonyl (C=O) groups is 2. The Morgan fingerprint density at radius 1 is 1.04 bits per heavy atom. The number of hydrogen-bond acceptors (Lipinski definition) is 5. The first-order chi connectivity index (χ1) is 11.1. The smallest absolute Gasteiger partial charge is 0.338 e. The van der Waals surface area contributed by atoms with E-state index in [2.05, 4.69) is 12.2 Å². The molecule has 0 saturated heterocycles. The summed E-state index contributed by atoms with van der Waals surface area (Å²) in [5.74, 6) is 0.0820. The fourth-order valence-corrected chi connectivity index (χ4v) is 2.01. The highest BCUT2D eigenvalue weighted by atomic mass is 16.5. The van der Waals surface area contributed by atoms with Gasteiger partial charge in [-0.2, -0.15) is 0 Å². The van der Waals surface area contributed by atoms with Gasteiger partial charge in [0.05, 0.1) is 19.8 Å². The van der Waals surface area contributed by atoms with Crippen LogP contribution in [-0.4, -0.2) is 39.2 Å². The van der Waals surface area contributed by atoms with E-state index >= 15 is 0 Å². The average Bonchev–Trinajstić information content (AvgIpc) is 2.58. The van der Waals surface area contributed by atoms with Crippen molar-refractivity contribution in [3.05, 3.63) is 23.8 Å². The lowest BCUT2D eigenvalue weighted by Crippen LogP contribution is -2.29. The molecule has 1 N–H and O–H groups in total. The summed E-state index contributed by atoms with van der Waals surface area (Å²) in [5, 5.41) is 2.73. The third-order valence-corrected chi connectivity index (χ3v) is 3.31. The minimum absolute atomic E-state index is 0.291. The van der Waals surface area contributed by atoms with Crippen LogP contribution in [0.5, 0.6) is 11.5 Å². The van der Waals surface area contributed by atoms with Gasteiger partial charge < -0.3 is 19.5 Å². The number of carbonyl (C=O) groups excluding carboxylic acids is 2. The van der Waals surface area contributed by atoms with Gasteiger partial charge in [0.15, 0.2) is 18.1 Å². The minimum atomic E-state index is -0.577. The van der Waals surface area contributed by atoms with Crippen molar-refractivity contribution in [3.63, 3.8) is 0 Å². The number of amides is 1. The maximum atomic E-state index is 11.9. The lowest BCUT2D eigenvalue weighted by Gasteiger charge is -2.10. The quantitative estimate of drug-likeness (QED) is 0.529. The van der Waals surface area contributed by atoms with E-state index < -0.39 is 5.97 Å². The molecule has 0 spiro atoms. The van der Waals surface area contributed by atoms with E-state index in [9.17, 15) is 9.59 Å². The molecule has 0 aliphatic rings. The summed E-state index contributed by atoms with van der Waals surface area (Å²) in [7, 11) is 3.00. The molecule has 0 aliphatic carbocycles. The van der Waals surface area contributed by atoms with E-state index in [1.165, 1.54) is 20.3 Å². The van der Waals surface area contributed by atoms with Crippen molar-refractivity contribution in [1.29, 1.82) is 0 Å². The fourth-order valence-electron chi connectivity index (χ4n) is 2.01. The van der Waals surface area contributed by atoms with Gasteiger partial charge in [0, 0.05) is 6.54 Å². The zero-order valence-electron chi connectivity index (χ0n) is 14.0. The second kappa shape index (κ2) is 10.5. The van der Waals surface area contributed by atoms with Gasteiger partial charge in [-0.1, -0.05) is 26.2 Å². The van der Waals surface area contributed by atoms with Gasteiger partial charge in [-0.05, 0) is 24.6 Å². The number of unbranched alkanes of at least 4 members (excludes halogenated alkanes) is 3. The molecule has 23 heavy (non-hydrogen) atoms. The number of hydrogen-bond donors (Lipinski definition) is 1. The monoisotopic (exact) mass is 323 g/mol. The lowest BCUT2D eigenvalue weighted by atomic mass is 10.2. The van der Waals surface area contributed by atoms with E-state index in [4.69, 9.17) is 14.2 Å². The highest BCUT2D eigenvalue weighted by Crippen LogP contribution is 2.27. The van der Waals surface area contributed by atoms with Crippen LogP contribution in [0.4, 0.5) is 0 Å². The van der Waals surface area contributed by atoms with E-state index in [0.717, 1.165) is 25.7 Å². The predicted octanol–water partition coefficient (Wildman–Crippen LogP) is 2.56. The van der Waals surface area contributed by atoms with Gasteiger partial charge >= 0.3 is 5.97 Å². The Hall–Kier alpha value is -2.24. The number of rotatable bonds is 10. The molecule has 128 valence electrons. The minimum Gasteiger partial charge on any atom is -0.493 e. The molecule has 6 heteroatoms. The topological polar surface area (TPSA) is 73.9 Å². The van der Waals surface area contributed by atoms with Gasteiger partial charge in [-0.3, -0.25) is 4.79 Å². The van der Waals surface area contributed by atoms with Crippen LogP contribution in [0.15, 0.2) is 18.2 Å². The largest absolute Gasteiger partial charge is 0.493 e. The molecule has 0 unspecified atom stereocenters. The second-order valence-corrected chi connectivity index (χ2v) is 5.06. The van der Waals surface area contributed by atoms with E-state index in [1.54, 1.807) is 12.1 Å². The van der Waals surface area contributed by atoms with Crippen molar-refractivity contribution in [3.8, 4) is 11.5 Å². The molecule has 0 aliphatic heterocycles. The third kappa shape index (κ3) is 6.59. The number of benzene rings is 1. The van der Waals surface area contributed by atoms with Crippen LogP contribution in [-0.2, 0) is 9.53 Å². The maximum Gasteiger partial charge on any atom is 0.338 e. The van der Waals surface area contributed by atoms with Crippen molar-refractivity contribution >= 4 is 11.9 Å². The maximum absolute atomic E-state index is 11.9. The first-order valence-electron chi connectivity index (χ1n) is 7.78. The Labute approximate surface area is 137 Å². The molecular weight excluding hydrogens is 298 g/mol. The van der Waals surface area contributed by atoms with Crippen LogP contribution in [0.3, 0.4) is 0 Å². The van der Waals surface area contributed by atoms with Gasteiger partial charge in [0.2, 0.25) is 0 Å². The standard InChI is InChI=1S/C17H25NO5/c1-4-5-6-7-10-18-16(19)12-23-17(20)13-8-9-14(21-2)15(11-13)22-3/h8-9,11H,4-7,10,12H2,1-3H3,(H,18,19). The van der Waals surface area contributed by atoms with Crippen molar-refractivity contribution in [2.45, 2.75) is 32.6 Å². The van der Waals surface area contributed by atoms with Gasteiger partial charge in [0.1, 0.15) is 0 Å². The highest BCUT2D eigenvalue weighted by molar-refractivity contribution is 5.92. The van der Waals surface area contributed by atoms with Crippen molar-refractivity contribution in [1.82, 2.24) is 5.32 Å². The summed E-state index contributed by atoms with van der Waals surface area (Å²) in [6, 6.07) is 4.69. The Balaban J connectivity index is 2.40. The Bertz CT molecular complexity index is 516. The van der Waals surface area contributed by atoms with Crippen LogP contribution in [0.25, 0.3) is 0 Å². The molecule has 0 radical (unpaired) electrons. The van der Waals surface area contributed by atoms with Crippen molar-refractivity contribution in [2.75, 3.05) is 27.4 Å². The third-order valence-electron chi connectivity index (χ3n) is 3.31. The Morgan fingerprint density at radius 2 is 1.78 bits per heavy atom. The first-order valence-corrected chi connectivity index (χ1v) is 7.78. The van der Waals surface area contributed by atoms with Crippen LogP contribution in [0, 0.1) is 0 Å². The zero-order chi connectivity index (χ0) is 17.1. The molecule has 0 aromatic heterocycles. The van der Waals surface area contributed by atoms with Gasteiger partial charge in [-0.15, -0.1) is 0 Å². The van der Waals surface area contributed by atoms with Gasteiger partial charge in [-0.25, -0.2) is 4.79 Å². The van der Waals surface area contributed by atoms with Crippen molar-refractivity contribution < 1.29 is 23.8 Å². The molecular formula is C17H25NO5. The summed E-state index contributed by atoms with van der Waals surface area (Å²) >= 11 is 0. The Morgan fingerprint density at radius 3 is 2.43 bits per heavy atom. The molecule has 0 bridgehead atoms. The molecule has 0 fully saturated rings. The highest BCUT2D eigenvalue weighted by Gasteiger charge is 2.13. The zero-order valence-corrected chi connectivity index (χ0v) is 14.0. The SMILES string of the molecule is CCCCCCNC(=O)COC(=O)c1ccc(OC)c(OC)c1. The number of esters is 1. The Kier molecular flexibility index (Phi) is 8.57. The summed E-state index contributed by atoms with van der Waals surface area (Å²) in [4.78, 5) is 23.5. The van der Waals surface area contributed by atoms with Crippen LogP contribution >= 0.6 is 0 Å². The summed E-state index contributed by atoms with van der Waals surface area (Å²) in [6.07, 6.45) is 4.33. The van der Waals surface area contributed by atoms with E-state index in [0.29, 0.717) is 23.6 Å². The van der Waals surface area contributed by atoms with Crippen LogP contribution in [0.2, 0.25) is 0 Å². The van der Waals surface area contributed by atoms with E-state index in [-0.39, 0.29) is 12.5 Å². The van der Waals surface area contributed by atoms with Crippen LogP contribution in [0.1, 0.15) is 43.0 Å². The molecule has 0 atom stereocenters. The summed E-state index contributed by atoms with van der Waals surface area (Å²) < 4.78 is 15.2. The summed E-state index contributed by atoms with van der Waals surface area (Å²) in [6.45, 7) is 2.44. The molecule has 6 nitrogen and oxygen atoms in total. The van der Waals surface area contributed by atoms with Crippen molar-refractivity contribution in [2.24, 2.45) is 0 Å². The van der Waals surface area contributed by atoms with Gasteiger partial charge in [0.25, 0.3) is 5.91 Å². The fraction of sp³-hybridized carbons (Fsp3) is 0.529. The molecule has 1 rings (SSSR count). The predicted molar refractivity (Wildman–Crippen MR) is 87.0 cm³/mol. The number of ether oxygens (including phenoxy) is 3. The summed E-state index contributed by atoms with van der Waals surface area (Å²) in [5.41, 5.74) is 0.304. The molecule has 1 aromatic rings. The molecule has 1 amide bonds. The first kappa shape index (κ1) is 18.8. The normalized spacial score (nSPS) is 10.0. The van der Waals surface area contributed by atoms with E-state index in [1.807, 2.05) is 0 Å². The lowest BCUT2D eigenvalue weighted by molar-refractivity contribution is -0.124. The second-order valence-electron chi connectivity index (χ2n) is 5.06. The molecule has 0 heterocycles. The molecule has 1 aromatic carbocycles. The van der Waals surface area contributed by atoms with Crippen LogP contribution < -0.4 is 14.8 Å². The average molecular weight is 323 g/mol.